The standard InChI is InChI=1S/C13H24N4O4/c1-4-8-20-12(11(16(2)3)21-9-7-18)17-6-5-10(14)15-13(17)19/h5-6,11-12,18H,4,7-9H2,1-3H3,(H2,14,15,19). The molecular formula is C13H24N4O4. The second-order valence-electron chi connectivity index (χ2n) is 4.75. The predicted octanol–water partition coefficient (Wildman–Crippen LogP) is -0.353. The lowest BCUT2D eigenvalue weighted by Crippen LogP contribution is -2.44. The van der Waals surface area contributed by atoms with Crippen molar-refractivity contribution >= 4 is 5.82 Å². The molecule has 0 aliphatic heterocycles. The lowest BCUT2D eigenvalue weighted by atomic mass is 10.4. The molecule has 120 valence electrons. The summed E-state index contributed by atoms with van der Waals surface area (Å²) in [6, 6.07) is 1.53. The number of nitrogens with zero attached hydrogens (tertiary/aromatic N) is 3. The van der Waals surface area contributed by atoms with E-state index in [4.69, 9.17) is 20.3 Å². The molecule has 0 radical (unpaired) electrons. The van der Waals surface area contributed by atoms with Gasteiger partial charge in [-0.3, -0.25) is 9.47 Å². The fraction of sp³-hybridized carbons (Fsp3) is 0.692. The molecule has 1 rings (SSSR count). The fourth-order valence-electron chi connectivity index (χ4n) is 1.82. The number of hydrogen-bond donors (Lipinski definition) is 2. The third kappa shape index (κ3) is 5.09. The molecule has 0 fully saturated rings. The Balaban J connectivity index is 3.09. The van der Waals surface area contributed by atoms with E-state index in [1.807, 2.05) is 6.92 Å². The van der Waals surface area contributed by atoms with Crippen LogP contribution in [-0.2, 0) is 9.47 Å². The maximum Gasteiger partial charge on any atom is 0.351 e. The van der Waals surface area contributed by atoms with Gasteiger partial charge in [-0.2, -0.15) is 4.98 Å². The number of aliphatic hydroxyl groups excluding tert-OH is 1. The van der Waals surface area contributed by atoms with Crippen molar-refractivity contribution in [1.29, 1.82) is 0 Å². The van der Waals surface area contributed by atoms with Gasteiger partial charge in [0.25, 0.3) is 0 Å². The first-order valence-corrected chi connectivity index (χ1v) is 6.86. The van der Waals surface area contributed by atoms with Gasteiger partial charge < -0.3 is 20.3 Å². The smallest absolute Gasteiger partial charge is 0.351 e. The Kier molecular flexibility index (Phi) is 7.30. The molecule has 1 aromatic heterocycles. The van der Waals surface area contributed by atoms with Crippen molar-refractivity contribution in [2.45, 2.75) is 25.8 Å². The van der Waals surface area contributed by atoms with E-state index >= 15 is 0 Å². The lowest BCUT2D eigenvalue weighted by Gasteiger charge is -2.32. The Hall–Kier alpha value is -1.48. The largest absolute Gasteiger partial charge is 0.394 e. The zero-order chi connectivity index (χ0) is 15.8. The molecule has 0 spiro atoms. The second kappa shape index (κ2) is 8.73. The molecule has 0 bridgehead atoms. The Labute approximate surface area is 124 Å². The van der Waals surface area contributed by atoms with Gasteiger partial charge in [-0.15, -0.1) is 0 Å². The number of nitrogen functional groups attached to an aromatic ring is 1. The first-order valence-electron chi connectivity index (χ1n) is 6.86. The molecule has 0 amide bonds. The van der Waals surface area contributed by atoms with E-state index < -0.39 is 18.1 Å². The molecule has 0 aromatic carbocycles. The minimum Gasteiger partial charge on any atom is -0.394 e. The fourth-order valence-corrected chi connectivity index (χ4v) is 1.82. The average Bonchev–Trinajstić information content (AvgIpc) is 2.43. The topological polar surface area (TPSA) is 103 Å². The lowest BCUT2D eigenvalue weighted by molar-refractivity contribution is -0.167. The molecule has 1 aromatic rings. The van der Waals surface area contributed by atoms with E-state index in [1.54, 1.807) is 19.0 Å². The van der Waals surface area contributed by atoms with Gasteiger partial charge in [-0.25, -0.2) is 4.79 Å². The summed E-state index contributed by atoms with van der Waals surface area (Å²) in [4.78, 5) is 17.5. The minimum atomic E-state index is -0.674. The Bertz CT molecular complexity index is 477. The molecule has 2 unspecified atom stereocenters. The number of likely N-dealkylation sites (N-methyl/N-ethyl adjacent to an activating group) is 1. The summed E-state index contributed by atoms with van der Waals surface area (Å²) in [6.45, 7) is 2.47. The summed E-state index contributed by atoms with van der Waals surface area (Å²) in [5, 5.41) is 8.93. The number of hydrogen-bond acceptors (Lipinski definition) is 7. The van der Waals surface area contributed by atoms with Crippen molar-refractivity contribution in [3.8, 4) is 0 Å². The summed E-state index contributed by atoms with van der Waals surface area (Å²) < 4.78 is 12.7. The summed E-state index contributed by atoms with van der Waals surface area (Å²) >= 11 is 0. The van der Waals surface area contributed by atoms with Gasteiger partial charge in [0.1, 0.15) is 5.82 Å². The van der Waals surface area contributed by atoms with Gasteiger partial charge in [0, 0.05) is 12.8 Å². The van der Waals surface area contributed by atoms with Crippen LogP contribution in [0.2, 0.25) is 0 Å². The van der Waals surface area contributed by atoms with Crippen molar-refractivity contribution in [2.75, 3.05) is 39.6 Å². The van der Waals surface area contributed by atoms with Crippen molar-refractivity contribution < 1.29 is 14.6 Å². The predicted molar refractivity (Wildman–Crippen MR) is 78.7 cm³/mol. The number of ether oxygens (including phenoxy) is 2. The highest BCUT2D eigenvalue weighted by Gasteiger charge is 2.27. The highest BCUT2D eigenvalue weighted by Crippen LogP contribution is 2.17. The number of rotatable bonds is 9. The molecule has 0 saturated heterocycles. The molecular weight excluding hydrogens is 276 g/mol. The van der Waals surface area contributed by atoms with Crippen LogP contribution in [0.5, 0.6) is 0 Å². The highest BCUT2D eigenvalue weighted by molar-refractivity contribution is 5.23. The molecule has 21 heavy (non-hydrogen) atoms. The van der Waals surface area contributed by atoms with E-state index in [2.05, 4.69) is 4.98 Å². The van der Waals surface area contributed by atoms with Crippen LogP contribution < -0.4 is 11.4 Å². The molecule has 0 aliphatic carbocycles. The van der Waals surface area contributed by atoms with Crippen LogP contribution in [-0.4, -0.2) is 59.7 Å². The van der Waals surface area contributed by atoms with Crippen LogP contribution in [0.3, 0.4) is 0 Å². The van der Waals surface area contributed by atoms with Crippen LogP contribution >= 0.6 is 0 Å². The Morgan fingerprint density at radius 1 is 1.43 bits per heavy atom. The van der Waals surface area contributed by atoms with E-state index in [9.17, 15) is 4.79 Å². The van der Waals surface area contributed by atoms with Gasteiger partial charge in [0.15, 0.2) is 12.5 Å². The normalized spacial score (nSPS) is 14.3. The van der Waals surface area contributed by atoms with Gasteiger partial charge in [-0.1, -0.05) is 6.92 Å². The summed E-state index contributed by atoms with van der Waals surface area (Å²) in [5.74, 6) is 0.156. The van der Waals surface area contributed by atoms with Crippen LogP contribution in [0.1, 0.15) is 19.6 Å². The first kappa shape index (κ1) is 17.6. The molecule has 0 saturated carbocycles. The van der Waals surface area contributed by atoms with Gasteiger partial charge in [-0.05, 0) is 26.6 Å². The maximum atomic E-state index is 12.0. The van der Waals surface area contributed by atoms with E-state index in [0.717, 1.165) is 6.42 Å². The minimum absolute atomic E-state index is 0.111. The third-order valence-corrected chi connectivity index (χ3v) is 2.75. The zero-order valence-electron chi connectivity index (χ0n) is 12.7. The molecule has 2 atom stereocenters. The number of anilines is 1. The van der Waals surface area contributed by atoms with Crippen molar-refractivity contribution in [3.05, 3.63) is 22.7 Å². The third-order valence-electron chi connectivity index (χ3n) is 2.75. The number of aliphatic hydroxyl groups is 1. The highest BCUT2D eigenvalue weighted by atomic mass is 16.6. The Morgan fingerprint density at radius 2 is 2.14 bits per heavy atom. The quantitative estimate of drug-likeness (QED) is 0.601. The van der Waals surface area contributed by atoms with Gasteiger partial charge in [0.2, 0.25) is 0 Å². The van der Waals surface area contributed by atoms with Crippen LogP contribution in [0.4, 0.5) is 5.82 Å². The maximum absolute atomic E-state index is 12.0. The van der Waals surface area contributed by atoms with E-state index in [0.29, 0.717) is 6.61 Å². The van der Waals surface area contributed by atoms with Crippen LogP contribution in [0, 0.1) is 0 Å². The van der Waals surface area contributed by atoms with E-state index in [1.165, 1.54) is 16.8 Å². The van der Waals surface area contributed by atoms with Gasteiger partial charge in [0.05, 0.1) is 13.2 Å². The number of aromatic nitrogens is 2. The molecule has 0 aliphatic rings. The molecule has 8 heteroatoms. The monoisotopic (exact) mass is 300 g/mol. The molecule has 8 nitrogen and oxygen atoms in total. The van der Waals surface area contributed by atoms with Crippen molar-refractivity contribution in [3.63, 3.8) is 0 Å². The average molecular weight is 300 g/mol. The molecule has 3 N–H and O–H groups in total. The molecule has 1 heterocycles. The zero-order valence-corrected chi connectivity index (χ0v) is 12.7. The van der Waals surface area contributed by atoms with Crippen molar-refractivity contribution in [2.24, 2.45) is 0 Å². The van der Waals surface area contributed by atoms with Crippen LogP contribution in [0.15, 0.2) is 17.1 Å². The second-order valence-corrected chi connectivity index (χ2v) is 4.75. The Morgan fingerprint density at radius 3 is 2.67 bits per heavy atom. The summed E-state index contributed by atoms with van der Waals surface area (Å²) in [5.41, 5.74) is 5.00. The van der Waals surface area contributed by atoms with E-state index in [-0.39, 0.29) is 19.0 Å². The van der Waals surface area contributed by atoms with Crippen LogP contribution in [0.25, 0.3) is 0 Å². The van der Waals surface area contributed by atoms with Gasteiger partial charge >= 0.3 is 5.69 Å². The summed E-state index contributed by atoms with van der Waals surface area (Å²) in [7, 11) is 3.61. The number of nitrogens with two attached hydrogens (primary N) is 1. The SMILES string of the molecule is CCCOC(C(OCCO)N(C)C)n1ccc(N)nc1=O. The summed E-state index contributed by atoms with van der Waals surface area (Å²) in [6.07, 6.45) is 1.12. The first-order chi connectivity index (χ1) is 10.0. The van der Waals surface area contributed by atoms with Crippen molar-refractivity contribution in [1.82, 2.24) is 14.5 Å².